The highest BCUT2D eigenvalue weighted by Crippen LogP contribution is 2.60. The SMILES string of the molecule is CN(C)S(=O)(=O)[n+]1ccn(-c2ccc(NC(=O)C34CC5CC(CC(C5)C3)C4)cc2)c1. The number of carbonyl (C=O) groups excluding carboxylic acids is 1. The molecule has 1 heterocycles. The Labute approximate surface area is 177 Å². The smallest absolute Gasteiger partial charge is 0.326 e. The van der Waals surface area contributed by atoms with Crippen LogP contribution >= 0.6 is 0 Å². The minimum absolute atomic E-state index is 0.167. The topological polar surface area (TPSA) is 75.3 Å². The zero-order chi connectivity index (χ0) is 21.1. The highest BCUT2D eigenvalue weighted by molar-refractivity contribution is 7.82. The van der Waals surface area contributed by atoms with Crippen LogP contribution in [0, 0.1) is 23.2 Å². The number of imidazole rings is 1. The van der Waals surface area contributed by atoms with Crippen molar-refractivity contribution in [2.75, 3.05) is 19.4 Å². The van der Waals surface area contributed by atoms with Gasteiger partial charge in [0.2, 0.25) is 5.91 Å². The molecule has 6 rings (SSSR count). The molecule has 7 nitrogen and oxygen atoms in total. The van der Waals surface area contributed by atoms with Gasteiger partial charge in [-0.3, -0.25) is 4.79 Å². The summed E-state index contributed by atoms with van der Waals surface area (Å²) in [5.41, 5.74) is 1.45. The Bertz CT molecular complexity index is 1040. The van der Waals surface area contributed by atoms with Gasteiger partial charge in [0.1, 0.15) is 18.1 Å². The monoisotopic (exact) mass is 429 g/mol. The molecule has 0 atom stereocenters. The van der Waals surface area contributed by atoms with Gasteiger partial charge in [-0.25, -0.2) is 4.57 Å². The molecule has 4 bridgehead atoms. The van der Waals surface area contributed by atoms with Crippen LogP contribution in [0.25, 0.3) is 5.69 Å². The van der Waals surface area contributed by atoms with Crippen LogP contribution < -0.4 is 9.29 Å². The third kappa shape index (κ3) is 3.26. The normalized spacial score (nSPS) is 30.0. The average Bonchev–Trinajstić information content (AvgIpc) is 3.18. The molecule has 2 aromatic rings. The first-order valence-corrected chi connectivity index (χ1v) is 12.1. The van der Waals surface area contributed by atoms with Crippen molar-refractivity contribution in [2.24, 2.45) is 23.2 Å². The second kappa shape index (κ2) is 6.92. The number of nitrogens with one attached hydrogen (secondary N) is 1. The molecule has 4 saturated carbocycles. The van der Waals surface area contributed by atoms with Gasteiger partial charge in [-0.1, -0.05) is 0 Å². The van der Waals surface area contributed by atoms with E-state index in [9.17, 15) is 13.2 Å². The third-order valence-corrected chi connectivity index (χ3v) is 8.96. The molecule has 1 amide bonds. The molecule has 4 aliphatic carbocycles. The number of aromatic nitrogens is 2. The van der Waals surface area contributed by atoms with E-state index in [1.165, 1.54) is 54.2 Å². The Kier molecular flexibility index (Phi) is 4.56. The van der Waals surface area contributed by atoms with Crippen molar-refractivity contribution in [1.82, 2.24) is 8.87 Å². The first kappa shape index (κ1) is 19.8. The van der Waals surface area contributed by atoms with Gasteiger partial charge >= 0.3 is 10.2 Å². The lowest BCUT2D eigenvalue weighted by Crippen LogP contribution is -2.51. The molecule has 0 radical (unpaired) electrons. The van der Waals surface area contributed by atoms with Gasteiger partial charge < -0.3 is 5.32 Å². The molecular weight excluding hydrogens is 400 g/mol. The summed E-state index contributed by atoms with van der Waals surface area (Å²) in [7, 11) is -0.536. The van der Waals surface area contributed by atoms with Gasteiger partial charge in [-0.2, -0.15) is 12.7 Å². The molecule has 160 valence electrons. The van der Waals surface area contributed by atoms with Crippen LogP contribution in [-0.4, -0.2) is 37.3 Å². The number of anilines is 1. The number of carbonyl (C=O) groups is 1. The van der Waals surface area contributed by atoms with Crippen molar-refractivity contribution in [1.29, 1.82) is 0 Å². The van der Waals surface area contributed by atoms with Crippen LogP contribution in [0.1, 0.15) is 38.5 Å². The quantitative estimate of drug-likeness (QED) is 0.743. The number of benzene rings is 1. The molecule has 0 unspecified atom stereocenters. The number of nitrogens with zero attached hydrogens (tertiary/aromatic N) is 3. The van der Waals surface area contributed by atoms with Gasteiger partial charge in [-0.05, 0) is 80.5 Å². The molecule has 0 aliphatic heterocycles. The van der Waals surface area contributed by atoms with Crippen molar-refractivity contribution in [3.8, 4) is 5.69 Å². The van der Waals surface area contributed by atoms with E-state index in [1.807, 2.05) is 24.3 Å². The van der Waals surface area contributed by atoms with Crippen LogP contribution in [-0.2, 0) is 15.0 Å². The van der Waals surface area contributed by atoms with Gasteiger partial charge in [0.25, 0.3) is 6.33 Å². The summed E-state index contributed by atoms with van der Waals surface area (Å²) in [4.78, 5) is 13.2. The first-order valence-electron chi connectivity index (χ1n) is 10.7. The molecule has 4 fully saturated rings. The molecular formula is C22H29N4O3S+. The zero-order valence-electron chi connectivity index (χ0n) is 17.5. The summed E-state index contributed by atoms with van der Waals surface area (Å²) in [5, 5.41) is 3.17. The second-order valence-electron chi connectivity index (χ2n) is 9.64. The molecule has 4 aliphatic rings. The fourth-order valence-corrected chi connectivity index (χ4v) is 6.99. The van der Waals surface area contributed by atoms with Crippen molar-refractivity contribution in [3.63, 3.8) is 0 Å². The average molecular weight is 430 g/mol. The fraction of sp³-hybridized carbons (Fsp3) is 0.545. The molecule has 30 heavy (non-hydrogen) atoms. The summed E-state index contributed by atoms with van der Waals surface area (Å²) in [5.74, 6) is 2.40. The van der Waals surface area contributed by atoms with Crippen molar-refractivity contribution in [2.45, 2.75) is 38.5 Å². The fourth-order valence-electron chi connectivity index (χ4n) is 6.18. The maximum absolute atomic E-state index is 13.2. The predicted octanol–water partition coefficient (Wildman–Crippen LogP) is 2.57. The van der Waals surface area contributed by atoms with Crippen LogP contribution in [0.4, 0.5) is 5.69 Å². The van der Waals surface area contributed by atoms with Crippen molar-refractivity contribution < 1.29 is 17.2 Å². The zero-order valence-corrected chi connectivity index (χ0v) is 18.3. The highest BCUT2D eigenvalue weighted by atomic mass is 32.2. The summed E-state index contributed by atoms with van der Waals surface area (Å²) in [6, 6.07) is 7.56. The molecule has 0 spiro atoms. The van der Waals surface area contributed by atoms with Gasteiger partial charge in [0.05, 0.1) is 5.41 Å². The highest BCUT2D eigenvalue weighted by Gasteiger charge is 2.54. The Balaban J connectivity index is 1.30. The van der Waals surface area contributed by atoms with E-state index < -0.39 is 10.2 Å². The first-order chi connectivity index (χ1) is 14.2. The summed E-state index contributed by atoms with van der Waals surface area (Å²) in [6.45, 7) is 0. The lowest BCUT2D eigenvalue weighted by atomic mass is 9.49. The van der Waals surface area contributed by atoms with E-state index >= 15 is 0 Å². The standard InChI is InChI=1S/C22H28N4O3S/c1-24(2)30(28,29)26-8-7-25(15-26)20-5-3-19(4-6-20)23-21(27)22-12-16-9-17(13-22)11-18(10-16)14-22/h3-8,15-18H,9-14H2,1-2H3/p+1. The Morgan fingerprint density at radius 1 is 1.07 bits per heavy atom. The maximum atomic E-state index is 13.2. The van der Waals surface area contributed by atoms with E-state index in [4.69, 9.17) is 0 Å². The number of hydrogen-bond acceptors (Lipinski definition) is 3. The minimum atomic E-state index is -3.54. The van der Waals surface area contributed by atoms with Crippen LogP contribution in [0.5, 0.6) is 0 Å². The van der Waals surface area contributed by atoms with E-state index in [2.05, 4.69) is 5.32 Å². The van der Waals surface area contributed by atoms with Gasteiger partial charge in [-0.15, -0.1) is 3.97 Å². The maximum Gasteiger partial charge on any atom is 0.379 e. The summed E-state index contributed by atoms with van der Waals surface area (Å²) < 4.78 is 28.6. The Morgan fingerprint density at radius 2 is 1.63 bits per heavy atom. The lowest BCUT2D eigenvalue weighted by Gasteiger charge is -2.55. The lowest BCUT2D eigenvalue weighted by molar-refractivity contribution is -0.514. The van der Waals surface area contributed by atoms with E-state index in [0.29, 0.717) is 0 Å². The van der Waals surface area contributed by atoms with Gasteiger partial charge in [0.15, 0.2) is 0 Å². The molecule has 1 N–H and O–H groups in total. The van der Waals surface area contributed by atoms with Crippen molar-refractivity contribution >= 4 is 21.8 Å². The van der Waals surface area contributed by atoms with E-state index in [0.717, 1.165) is 48.4 Å². The predicted molar refractivity (Wildman–Crippen MR) is 113 cm³/mol. The third-order valence-electron chi connectivity index (χ3n) is 7.28. The van der Waals surface area contributed by atoms with Crippen LogP contribution in [0.3, 0.4) is 0 Å². The van der Waals surface area contributed by atoms with Crippen LogP contribution in [0.15, 0.2) is 43.0 Å². The minimum Gasteiger partial charge on any atom is -0.326 e. The van der Waals surface area contributed by atoms with E-state index in [-0.39, 0.29) is 11.3 Å². The van der Waals surface area contributed by atoms with E-state index in [1.54, 1.807) is 10.8 Å². The molecule has 1 aromatic heterocycles. The second-order valence-corrected chi connectivity index (χ2v) is 11.7. The van der Waals surface area contributed by atoms with Gasteiger partial charge in [0, 0.05) is 19.8 Å². The number of amides is 1. The van der Waals surface area contributed by atoms with Crippen LogP contribution in [0.2, 0.25) is 0 Å². The molecule has 8 heteroatoms. The summed E-state index contributed by atoms with van der Waals surface area (Å²) >= 11 is 0. The Morgan fingerprint density at radius 3 is 2.17 bits per heavy atom. The number of hydrogen-bond donors (Lipinski definition) is 1. The summed E-state index contributed by atoms with van der Waals surface area (Å²) in [6.07, 6.45) is 11.8. The molecule has 0 saturated heterocycles. The van der Waals surface area contributed by atoms with Crippen molar-refractivity contribution in [3.05, 3.63) is 43.0 Å². The molecule has 1 aromatic carbocycles. The number of rotatable bonds is 5. The largest absolute Gasteiger partial charge is 0.379 e. The Hall–Kier alpha value is -2.19.